The first-order valence-corrected chi connectivity index (χ1v) is 5.72. The van der Waals surface area contributed by atoms with Crippen molar-refractivity contribution >= 4 is 5.69 Å². The first-order chi connectivity index (χ1) is 7.75. The van der Waals surface area contributed by atoms with E-state index in [9.17, 15) is 0 Å². The lowest BCUT2D eigenvalue weighted by Gasteiger charge is -2.22. The third kappa shape index (κ3) is 2.85. The fraction of sp³-hybridized carbons (Fsp3) is 0.583. The SMILES string of the molecule is Cc1cnc(OCC2CCCCO2)cc1N. The summed E-state index contributed by atoms with van der Waals surface area (Å²) in [7, 11) is 0. The van der Waals surface area contributed by atoms with E-state index in [-0.39, 0.29) is 6.10 Å². The van der Waals surface area contributed by atoms with Gasteiger partial charge in [-0.05, 0) is 31.7 Å². The molecule has 4 heteroatoms. The summed E-state index contributed by atoms with van der Waals surface area (Å²) in [6, 6.07) is 1.76. The Labute approximate surface area is 95.8 Å². The van der Waals surface area contributed by atoms with Gasteiger partial charge in [0.1, 0.15) is 6.61 Å². The Balaban J connectivity index is 1.86. The molecule has 1 saturated heterocycles. The average molecular weight is 222 g/mol. The lowest BCUT2D eigenvalue weighted by Crippen LogP contribution is -2.26. The van der Waals surface area contributed by atoms with Crippen LogP contribution in [0.2, 0.25) is 0 Å². The number of nitrogens with zero attached hydrogens (tertiary/aromatic N) is 1. The summed E-state index contributed by atoms with van der Waals surface area (Å²) in [6.45, 7) is 3.34. The van der Waals surface area contributed by atoms with Crippen molar-refractivity contribution in [2.45, 2.75) is 32.3 Å². The topological polar surface area (TPSA) is 57.4 Å². The number of aryl methyl sites for hydroxylation is 1. The van der Waals surface area contributed by atoms with Gasteiger partial charge in [0, 0.05) is 24.6 Å². The third-order valence-electron chi connectivity index (χ3n) is 2.81. The van der Waals surface area contributed by atoms with Crippen molar-refractivity contribution in [2.75, 3.05) is 18.9 Å². The summed E-state index contributed by atoms with van der Waals surface area (Å²) in [5.41, 5.74) is 7.47. The molecule has 1 aliphatic heterocycles. The largest absolute Gasteiger partial charge is 0.475 e. The van der Waals surface area contributed by atoms with Crippen LogP contribution in [0, 0.1) is 6.92 Å². The van der Waals surface area contributed by atoms with Crippen LogP contribution in [0.3, 0.4) is 0 Å². The number of ether oxygens (including phenoxy) is 2. The first kappa shape index (κ1) is 11.2. The summed E-state index contributed by atoms with van der Waals surface area (Å²) < 4.78 is 11.1. The van der Waals surface area contributed by atoms with E-state index in [1.54, 1.807) is 12.3 Å². The molecule has 88 valence electrons. The van der Waals surface area contributed by atoms with Gasteiger partial charge in [0.25, 0.3) is 0 Å². The van der Waals surface area contributed by atoms with E-state index in [1.807, 2.05) is 6.92 Å². The Bertz CT molecular complexity index is 349. The minimum Gasteiger partial charge on any atom is -0.475 e. The van der Waals surface area contributed by atoms with Gasteiger partial charge in [0.15, 0.2) is 0 Å². The Morgan fingerprint density at radius 3 is 3.12 bits per heavy atom. The Morgan fingerprint density at radius 1 is 1.56 bits per heavy atom. The van der Waals surface area contributed by atoms with Gasteiger partial charge in [0.05, 0.1) is 6.10 Å². The van der Waals surface area contributed by atoms with Gasteiger partial charge in [-0.15, -0.1) is 0 Å². The van der Waals surface area contributed by atoms with Gasteiger partial charge in [-0.25, -0.2) is 4.98 Å². The molecule has 2 rings (SSSR count). The molecule has 0 bridgehead atoms. The number of pyridine rings is 1. The smallest absolute Gasteiger partial charge is 0.215 e. The van der Waals surface area contributed by atoms with Crippen LogP contribution in [-0.2, 0) is 4.74 Å². The zero-order valence-corrected chi connectivity index (χ0v) is 9.61. The molecule has 1 aromatic rings. The van der Waals surface area contributed by atoms with Crippen LogP contribution in [0.4, 0.5) is 5.69 Å². The molecule has 0 aromatic carbocycles. The molecule has 1 fully saturated rings. The maximum atomic E-state index is 5.78. The van der Waals surface area contributed by atoms with Gasteiger partial charge in [-0.2, -0.15) is 0 Å². The molecule has 0 radical (unpaired) electrons. The number of aromatic nitrogens is 1. The maximum absolute atomic E-state index is 5.78. The van der Waals surface area contributed by atoms with Crippen LogP contribution in [0.5, 0.6) is 5.88 Å². The summed E-state index contributed by atoms with van der Waals surface area (Å²) in [6.07, 6.45) is 5.38. The van der Waals surface area contributed by atoms with Gasteiger partial charge in [-0.3, -0.25) is 0 Å². The van der Waals surface area contributed by atoms with Crippen molar-refractivity contribution in [2.24, 2.45) is 0 Å². The van der Waals surface area contributed by atoms with Gasteiger partial charge < -0.3 is 15.2 Å². The molecule has 1 atom stereocenters. The highest BCUT2D eigenvalue weighted by molar-refractivity contribution is 5.47. The molecular weight excluding hydrogens is 204 g/mol. The predicted octanol–water partition coefficient (Wildman–Crippen LogP) is 1.92. The Hall–Kier alpha value is -1.29. The van der Waals surface area contributed by atoms with Gasteiger partial charge in [0.2, 0.25) is 5.88 Å². The van der Waals surface area contributed by atoms with E-state index in [0.717, 1.165) is 30.7 Å². The van der Waals surface area contributed by atoms with Crippen molar-refractivity contribution in [3.8, 4) is 5.88 Å². The Kier molecular flexibility index (Phi) is 3.62. The molecule has 2 N–H and O–H groups in total. The zero-order chi connectivity index (χ0) is 11.4. The minimum absolute atomic E-state index is 0.207. The number of nitrogen functional groups attached to an aromatic ring is 1. The second-order valence-electron chi connectivity index (χ2n) is 4.18. The van der Waals surface area contributed by atoms with Gasteiger partial charge >= 0.3 is 0 Å². The number of nitrogens with two attached hydrogens (primary N) is 1. The van der Waals surface area contributed by atoms with E-state index < -0.39 is 0 Å². The van der Waals surface area contributed by atoms with E-state index in [4.69, 9.17) is 15.2 Å². The summed E-state index contributed by atoms with van der Waals surface area (Å²) in [5, 5.41) is 0. The molecule has 1 aromatic heterocycles. The molecular formula is C12H18N2O2. The molecule has 0 amide bonds. The zero-order valence-electron chi connectivity index (χ0n) is 9.61. The fourth-order valence-electron chi connectivity index (χ4n) is 1.72. The molecule has 0 saturated carbocycles. The standard InChI is InChI=1S/C12H18N2O2/c1-9-7-14-12(6-11(9)13)16-8-10-4-2-3-5-15-10/h6-7,10H,2-5,8H2,1H3,(H2,13,14). The second-order valence-corrected chi connectivity index (χ2v) is 4.18. The number of hydrogen-bond acceptors (Lipinski definition) is 4. The van der Waals surface area contributed by atoms with Crippen LogP contribution < -0.4 is 10.5 Å². The molecule has 0 aliphatic carbocycles. The number of anilines is 1. The lowest BCUT2D eigenvalue weighted by molar-refractivity contribution is -0.0119. The molecule has 2 heterocycles. The first-order valence-electron chi connectivity index (χ1n) is 5.72. The molecule has 4 nitrogen and oxygen atoms in total. The van der Waals surface area contributed by atoms with Crippen LogP contribution in [0.1, 0.15) is 24.8 Å². The molecule has 1 aliphatic rings. The van der Waals surface area contributed by atoms with Crippen molar-refractivity contribution in [1.29, 1.82) is 0 Å². The summed E-state index contributed by atoms with van der Waals surface area (Å²) >= 11 is 0. The number of rotatable bonds is 3. The monoisotopic (exact) mass is 222 g/mol. The molecule has 16 heavy (non-hydrogen) atoms. The van der Waals surface area contributed by atoms with E-state index in [2.05, 4.69) is 4.98 Å². The van der Waals surface area contributed by atoms with Crippen LogP contribution >= 0.6 is 0 Å². The highest BCUT2D eigenvalue weighted by atomic mass is 16.5. The molecule has 1 unspecified atom stereocenters. The summed E-state index contributed by atoms with van der Waals surface area (Å²) in [5.74, 6) is 0.581. The van der Waals surface area contributed by atoms with Crippen LogP contribution in [0.15, 0.2) is 12.3 Å². The Morgan fingerprint density at radius 2 is 2.44 bits per heavy atom. The minimum atomic E-state index is 0.207. The van der Waals surface area contributed by atoms with Crippen LogP contribution in [-0.4, -0.2) is 24.3 Å². The third-order valence-corrected chi connectivity index (χ3v) is 2.81. The lowest BCUT2D eigenvalue weighted by atomic mass is 10.1. The van der Waals surface area contributed by atoms with E-state index >= 15 is 0 Å². The van der Waals surface area contributed by atoms with Gasteiger partial charge in [-0.1, -0.05) is 0 Å². The predicted molar refractivity (Wildman–Crippen MR) is 62.5 cm³/mol. The average Bonchev–Trinajstić information content (AvgIpc) is 2.32. The van der Waals surface area contributed by atoms with Crippen molar-refractivity contribution in [3.63, 3.8) is 0 Å². The van der Waals surface area contributed by atoms with E-state index in [1.165, 1.54) is 6.42 Å². The molecule has 0 spiro atoms. The summed E-state index contributed by atoms with van der Waals surface area (Å²) in [4.78, 5) is 4.17. The highest BCUT2D eigenvalue weighted by Crippen LogP contribution is 2.17. The maximum Gasteiger partial charge on any atom is 0.215 e. The van der Waals surface area contributed by atoms with Crippen molar-refractivity contribution in [3.05, 3.63) is 17.8 Å². The van der Waals surface area contributed by atoms with E-state index in [0.29, 0.717) is 12.5 Å². The van der Waals surface area contributed by atoms with Crippen molar-refractivity contribution in [1.82, 2.24) is 4.98 Å². The highest BCUT2D eigenvalue weighted by Gasteiger charge is 2.14. The van der Waals surface area contributed by atoms with Crippen LogP contribution in [0.25, 0.3) is 0 Å². The normalized spacial score (nSPS) is 20.7. The number of hydrogen-bond donors (Lipinski definition) is 1. The van der Waals surface area contributed by atoms with Crippen molar-refractivity contribution < 1.29 is 9.47 Å². The second kappa shape index (κ2) is 5.16. The quantitative estimate of drug-likeness (QED) is 0.848. The fourth-order valence-corrected chi connectivity index (χ4v) is 1.72.